The second-order valence-corrected chi connectivity index (χ2v) is 6.44. The van der Waals surface area contributed by atoms with Crippen molar-refractivity contribution < 1.29 is 34.2 Å². The molecule has 0 fully saturated rings. The van der Waals surface area contributed by atoms with Crippen molar-refractivity contribution in [2.24, 2.45) is 22.2 Å². The summed E-state index contributed by atoms with van der Waals surface area (Å²) in [4.78, 5) is 61.3. The summed E-state index contributed by atoms with van der Waals surface area (Å²) in [7, 11) is 0. The molecule has 0 aliphatic rings. The Hall–Kier alpha value is -3.07. The minimum atomic E-state index is -1.36. The molecule has 3 amide bonds. The Morgan fingerprint density at radius 2 is 1.63 bits per heavy atom. The van der Waals surface area contributed by atoms with Crippen LogP contribution < -0.4 is 33.2 Å². The van der Waals surface area contributed by atoms with E-state index < -0.39 is 60.8 Å². The summed E-state index contributed by atoms with van der Waals surface area (Å²) in [6.45, 7) is -0.371. The third kappa shape index (κ3) is 11.7. The number of carbonyl (C=O) groups is 5. The van der Waals surface area contributed by atoms with Gasteiger partial charge in [-0.1, -0.05) is 0 Å². The topological polar surface area (TPSA) is 252 Å². The molecule has 30 heavy (non-hydrogen) atoms. The first kappa shape index (κ1) is 26.9. The number of carboxylic acid groups (broad SMARTS) is 2. The molecule has 0 aromatic carbocycles. The molecule has 0 aliphatic heterocycles. The zero-order valence-electron chi connectivity index (χ0n) is 16.0. The molecule has 0 radical (unpaired) electrons. The largest absolute Gasteiger partial charge is 0.481 e. The Kier molecular flexibility index (Phi) is 12.6. The molecule has 0 bridgehead atoms. The van der Waals surface area contributed by atoms with Gasteiger partial charge >= 0.3 is 11.9 Å². The zero-order valence-corrected chi connectivity index (χ0v) is 16.9. The number of nitrogens with one attached hydrogen (secondary N) is 3. The third-order valence-electron chi connectivity index (χ3n) is 3.55. The molecule has 170 valence electrons. The molecule has 3 atom stereocenters. The van der Waals surface area contributed by atoms with Crippen LogP contribution in [0.3, 0.4) is 0 Å². The van der Waals surface area contributed by atoms with Crippen LogP contribution in [0.4, 0.5) is 0 Å². The van der Waals surface area contributed by atoms with Gasteiger partial charge in [0.05, 0.1) is 19.0 Å². The van der Waals surface area contributed by atoms with Gasteiger partial charge in [-0.2, -0.15) is 12.6 Å². The number of hydrogen-bond donors (Lipinski definition) is 9. The quantitative estimate of drug-likeness (QED) is 0.0536. The monoisotopic (exact) mass is 449 g/mol. The summed E-state index contributed by atoms with van der Waals surface area (Å²) in [5.74, 6) is -5.27. The van der Waals surface area contributed by atoms with E-state index in [-0.39, 0.29) is 24.7 Å². The van der Waals surface area contributed by atoms with E-state index in [1.165, 1.54) is 0 Å². The van der Waals surface area contributed by atoms with Gasteiger partial charge in [0.25, 0.3) is 0 Å². The van der Waals surface area contributed by atoms with E-state index in [1.54, 1.807) is 0 Å². The molecule has 0 saturated heterocycles. The maximum Gasteiger partial charge on any atom is 0.326 e. The molecule has 0 heterocycles. The van der Waals surface area contributed by atoms with Crippen LogP contribution in [-0.4, -0.2) is 82.8 Å². The van der Waals surface area contributed by atoms with E-state index in [0.717, 1.165) is 0 Å². The average Bonchev–Trinajstić information content (AvgIpc) is 2.65. The molecule has 0 aliphatic carbocycles. The van der Waals surface area contributed by atoms with Crippen molar-refractivity contribution in [3.8, 4) is 0 Å². The van der Waals surface area contributed by atoms with Crippen molar-refractivity contribution in [2.45, 2.75) is 37.4 Å². The van der Waals surface area contributed by atoms with Gasteiger partial charge in [-0.3, -0.25) is 24.2 Å². The molecular weight excluding hydrogens is 422 g/mol. The maximum atomic E-state index is 12.1. The first-order valence-electron chi connectivity index (χ1n) is 8.71. The van der Waals surface area contributed by atoms with Crippen LogP contribution in [0.25, 0.3) is 0 Å². The first-order chi connectivity index (χ1) is 14.0. The first-order valence-corrected chi connectivity index (χ1v) is 9.35. The highest BCUT2D eigenvalue weighted by molar-refractivity contribution is 7.80. The minimum absolute atomic E-state index is 0.0581. The highest BCUT2D eigenvalue weighted by Gasteiger charge is 2.25. The van der Waals surface area contributed by atoms with Crippen LogP contribution in [0.5, 0.6) is 0 Å². The predicted octanol–water partition coefficient (Wildman–Crippen LogP) is -4.06. The number of rotatable bonds is 14. The third-order valence-corrected chi connectivity index (χ3v) is 3.91. The number of nitrogens with two attached hydrogens (primary N) is 3. The number of aliphatic imine (C=N–C) groups is 1. The SMILES string of the molecule is NC(N)=NCCCC(NC(=O)CNC(=O)C(CS)NC(=O)C(N)CC(=O)O)C(=O)O. The number of thiol groups is 1. The van der Waals surface area contributed by atoms with E-state index in [2.05, 4.69) is 33.6 Å². The molecule has 0 aromatic rings. The van der Waals surface area contributed by atoms with Gasteiger partial charge in [-0.05, 0) is 12.8 Å². The minimum Gasteiger partial charge on any atom is -0.481 e. The molecule has 0 aromatic heterocycles. The number of hydrogen-bond acceptors (Lipinski definition) is 8. The summed E-state index contributed by atoms with van der Waals surface area (Å²) in [5, 5.41) is 24.5. The van der Waals surface area contributed by atoms with Gasteiger partial charge in [-0.25, -0.2) is 4.79 Å². The summed E-state index contributed by atoms with van der Waals surface area (Å²) in [6, 6.07) is -3.75. The highest BCUT2D eigenvalue weighted by Crippen LogP contribution is 1.99. The summed E-state index contributed by atoms with van der Waals surface area (Å²) in [5.41, 5.74) is 15.7. The van der Waals surface area contributed by atoms with Gasteiger partial charge < -0.3 is 43.4 Å². The van der Waals surface area contributed by atoms with Gasteiger partial charge in [0, 0.05) is 12.3 Å². The van der Waals surface area contributed by atoms with Crippen molar-refractivity contribution in [3.63, 3.8) is 0 Å². The number of guanidine groups is 1. The van der Waals surface area contributed by atoms with Crippen LogP contribution in [0.2, 0.25) is 0 Å². The summed E-state index contributed by atoms with van der Waals surface area (Å²) in [6.07, 6.45) is -0.274. The maximum absolute atomic E-state index is 12.1. The lowest BCUT2D eigenvalue weighted by Gasteiger charge is -2.19. The lowest BCUT2D eigenvalue weighted by molar-refractivity contribution is -0.142. The van der Waals surface area contributed by atoms with Crippen molar-refractivity contribution >= 4 is 48.2 Å². The van der Waals surface area contributed by atoms with Gasteiger partial charge in [0.1, 0.15) is 12.1 Å². The van der Waals surface area contributed by atoms with E-state index in [4.69, 9.17) is 27.4 Å². The number of carboxylic acids is 2. The standard InChI is InChI=1S/C15H27N7O7S/c16-7(4-11(24)25)12(26)22-9(6-30)13(27)20-5-10(23)21-8(14(28)29)2-1-3-19-15(17)18/h7-9,30H,1-6,16H2,(H,20,27)(H,21,23)(H,22,26)(H,24,25)(H,28,29)(H4,17,18,19). The Labute approximate surface area is 177 Å². The van der Waals surface area contributed by atoms with E-state index >= 15 is 0 Å². The molecule has 15 heteroatoms. The van der Waals surface area contributed by atoms with Gasteiger partial charge in [0.15, 0.2) is 5.96 Å². The molecule has 0 saturated carbocycles. The Morgan fingerprint density at radius 3 is 2.13 bits per heavy atom. The molecular formula is C15H27N7O7S. The smallest absolute Gasteiger partial charge is 0.326 e. The molecule has 0 rings (SSSR count). The van der Waals surface area contributed by atoms with Crippen molar-refractivity contribution in [2.75, 3.05) is 18.8 Å². The van der Waals surface area contributed by atoms with Gasteiger partial charge in [-0.15, -0.1) is 0 Å². The number of nitrogens with zero attached hydrogens (tertiary/aromatic N) is 1. The van der Waals surface area contributed by atoms with Crippen LogP contribution in [0, 0.1) is 0 Å². The van der Waals surface area contributed by atoms with Crippen LogP contribution >= 0.6 is 12.6 Å². The van der Waals surface area contributed by atoms with E-state index in [0.29, 0.717) is 6.42 Å². The zero-order chi connectivity index (χ0) is 23.3. The summed E-state index contributed by atoms with van der Waals surface area (Å²) < 4.78 is 0. The van der Waals surface area contributed by atoms with Gasteiger partial charge in [0.2, 0.25) is 17.7 Å². The predicted molar refractivity (Wildman–Crippen MR) is 108 cm³/mol. The Morgan fingerprint density at radius 1 is 1.00 bits per heavy atom. The normalized spacial score (nSPS) is 13.3. The fourth-order valence-corrected chi connectivity index (χ4v) is 2.31. The summed E-state index contributed by atoms with van der Waals surface area (Å²) >= 11 is 3.92. The van der Waals surface area contributed by atoms with E-state index in [1.807, 2.05) is 0 Å². The average molecular weight is 449 g/mol. The van der Waals surface area contributed by atoms with Crippen LogP contribution in [0.15, 0.2) is 4.99 Å². The van der Waals surface area contributed by atoms with E-state index in [9.17, 15) is 24.0 Å². The highest BCUT2D eigenvalue weighted by atomic mass is 32.1. The lowest BCUT2D eigenvalue weighted by atomic mass is 10.1. The lowest BCUT2D eigenvalue weighted by Crippen LogP contribution is -2.54. The Balaban J connectivity index is 4.57. The van der Waals surface area contributed by atoms with Crippen molar-refractivity contribution in [3.05, 3.63) is 0 Å². The second-order valence-electron chi connectivity index (χ2n) is 6.07. The van der Waals surface area contributed by atoms with Crippen molar-refractivity contribution in [1.29, 1.82) is 0 Å². The second kappa shape index (κ2) is 14.0. The van der Waals surface area contributed by atoms with Crippen molar-refractivity contribution in [1.82, 2.24) is 16.0 Å². The fraction of sp³-hybridized carbons (Fsp3) is 0.600. The number of amides is 3. The fourth-order valence-electron chi connectivity index (χ4n) is 2.05. The number of carbonyl (C=O) groups excluding carboxylic acids is 3. The molecule has 3 unspecified atom stereocenters. The Bertz CT molecular complexity index is 670. The molecule has 14 nitrogen and oxygen atoms in total. The van der Waals surface area contributed by atoms with Crippen LogP contribution in [0.1, 0.15) is 19.3 Å². The van der Waals surface area contributed by atoms with Crippen LogP contribution in [-0.2, 0) is 24.0 Å². The number of aliphatic carboxylic acids is 2. The molecule has 11 N–H and O–H groups in total. The molecule has 0 spiro atoms.